The van der Waals surface area contributed by atoms with Crippen LogP contribution in [0.3, 0.4) is 0 Å². The van der Waals surface area contributed by atoms with Crippen molar-refractivity contribution in [3.05, 3.63) is 35.5 Å². The van der Waals surface area contributed by atoms with Gasteiger partial charge in [0, 0.05) is 12.1 Å². The van der Waals surface area contributed by atoms with Crippen molar-refractivity contribution in [2.75, 3.05) is 12.4 Å². The van der Waals surface area contributed by atoms with Gasteiger partial charge in [0.1, 0.15) is 17.1 Å². The topological polar surface area (TPSA) is 89.3 Å². The predicted octanol–water partition coefficient (Wildman–Crippen LogP) is 3.54. The molecule has 0 aliphatic rings. The van der Waals surface area contributed by atoms with Crippen LogP contribution in [0, 0.1) is 0 Å². The molecule has 0 radical (unpaired) electrons. The van der Waals surface area contributed by atoms with Crippen LogP contribution < -0.4 is 15.4 Å². The summed E-state index contributed by atoms with van der Waals surface area (Å²) in [4.78, 5) is 15.2. The molecule has 2 aromatic rings. The normalized spacial score (nSPS) is 11.5. The molecule has 0 atom stereocenters. The predicted molar refractivity (Wildman–Crippen MR) is 82.2 cm³/mol. The number of nitrogens with one attached hydrogen (secondary N) is 2. The van der Waals surface area contributed by atoms with Crippen LogP contribution in [0.5, 0.6) is 5.75 Å². The summed E-state index contributed by atoms with van der Waals surface area (Å²) in [6.45, 7) is 3.97. The van der Waals surface area contributed by atoms with Crippen LogP contribution >= 0.6 is 0 Å². The van der Waals surface area contributed by atoms with Gasteiger partial charge in [0.15, 0.2) is 5.76 Å². The van der Waals surface area contributed by atoms with Gasteiger partial charge in [-0.1, -0.05) is 19.0 Å². The second kappa shape index (κ2) is 7.41. The first-order chi connectivity index (χ1) is 11.7. The molecule has 0 aliphatic carbocycles. The molecule has 0 unspecified atom stereocenters. The van der Waals surface area contributed by atoms with Crippen LogP contribution in [0.1, 0.15) is 36.9 Å². The Labute approximate surface area is 141 Å². The molecule has 0 spiro atoms. The Morgan fingerprint density at radius 1 is 1.36 bits per heavy atom. The Morgan fingerprint density at radius 2 is 2.08 bits per heavy atom. The summed E-state index contributed by atoms with van der Waals surface area (Å²) in [6, 6.07) is 1.77. The molecule has 2 rings (SSSR count). The van der Waals surface area contributed by atoms with Crippen molar-refractivity contribution in [2.45, 2.75) is 32.5 Å². The van der Waals surface area contributed by atoms with Gasteiger partial charge in [0.25, 0.3) is 0 Å². The number of pyridine rings is 1. The van der Waals surface area contributed by atoms with Gasteiger partial charge in [-0.15, -0.1) is 0 Å². The van der Waals surface area contributed by atoms with Gasteiger partial charge >= 0.3 is 12.2 Å². The number of rotatable bonds is 5. The number of nitrogens with zero attached hydrogens (tertiary/aromatic N) is 2. The first kappa shape index (κ1) is 18.6. The number of hydrogen-bond donors (Lipinski definition) is 2. The molecule has 0 saturated carbocycles. The summed E-state index contributed by atoms with van der Waals surface area (Å²) in [6.07, 6.45) is -3.72. The third-order valence-corrected chi connectivity index (χ3v) is 3.22. The average Bonchev–Trinajstić information content (AvgIpc) is 3.01. The van der Waals surface area contributed by atoms with E-state index in [1.165, 1.54) is 7.11 Å². The molecule has 2 amide bonds. The van der Waals surface area contributed by atoms with E-state index in [1.54, 1.807) is 6.07 Å². The van der Waals surface area contributed by atoms with Crippen molar-refractivity contribution < 1.29 is 27.2 Å². The minimum absolute atomic E-state index is 0.00781. The molecule has 7 nitrogen and oxygen atoms in total. The van der Waals surface area contributed by atoms with Gasteiger partial charge < -0.3 is 19.9 Å². The van der Waals surface area contributed by atoms with E-state index < -0.39 is 17.9 Å². The van der Waals surface area contributed by atoms with E-state index in [2.05, 4.69) is 20.8 Å². The van der Waals surface area contributed by atoms with E-state index in [4.69, 9.17) is 9.26 Å². The molecule has 25 heavy (non-hydrogen) atoms. The fourth-order valence-electron chi connectivity index (χ4n) is 1.87. The maximum atomic E-state index is 12.6. The van der Waals surface area contributed by atoms with Crippen LogP contribution in [0.15, 0.2) is 22.9 Å². The summed E-state index contributed by atoms with van der Waals surface area (Å²) in [7, 11) is 1.19. The highest BCUT2D eigenvalue weighted by molar-refractivity contribution is 5.90. The Kier molecular flexibility index (Phi) is 5.50. The third-order valence-electron chi connectivity index (χ3n) is 3.22. The summed E-state index contributed by atoms with van der Waals surface area (Å²) < 4.78 is 47.8. The average molecular weight is 358 g/mol. The number of aromatic nitrogens is 2. The molecule has 0 aromatic carbocycles. The van der Waals surface area contributed by atoms with Crippen molar-refractivity contribution in [1.29, 1.82) is 0 Å². The van der Waals surface area contributed by atoms with Gasteiger partial charge in [-0.2, -0.15) is 13.2 Å². The number of anilines is 1. The van der Waals surface area contributed by atoms with Crippen molar-refractivity contribution in [2.24, 2.45) is 0 Å². The van der Waals surface area contributed by atoms with Crippen molar-refractivity contribution in [3.63, 3.8) is 0 Å². The largest absolute Gasteiger partial charge is 0.494 e. The fourth-order valence-corrected chi connectivity index (χ4v) is 1.87. The van der Waals surface area contributed by atoms with E-state index >= 15 is 0 Å². The lowest BCUT2D eigenvalue weighted by Crippen LogP contribution is -2.28. The maximum Gasteiger partial charge on any atom is 0.433 e. The lowest BCUT2D eigenvalue weighted by molar-refractivity contribution is -0.141. The summed E-state index contributed by atoms with van der Waals surface area (Å²) >= 11 is 0. The van der Waals surface area contributed by atoms with E-state index in [0.717, 1.165) is 11.9 Å². The number of halogens is 3. The number of ether oxygens (including phenoxy) is 1. The molecular weight excluding hydrogens is 341 g/mol. The zero-order valence-electron chi connectivity index (χ0n) is 13.8. The zero-order valence-corrected chi connectivity index (χ0v) is 13.8. The van der Waals surface area contributed by atoms with Crippen LogP contribution in [0.4, 0.5) is 23.7 Å². The summed E-state index contributed by atoms with van der Waals surface area (Å²) in [5, 5.41) is 8.73. The molecule has 0 fully saturated rings. The highest BCUT2D eigenvalue weighted by atomic mass is 19.4. The van der Waals surface area contributed by atoms with E-state index in [9.17, 15) is 18.0 Å². The van der Waals surface area contributed by atoms with E-state index in [1.807, 2.05) is 13.8 Å². The molecule has 0 aliphatic heterocycles. The lowest BCUT2D eigenvalue weighted by atomic mass is 10.1. The van der Waals surface area contributed by atoms with Crippen molar-refractivity contribution in [3.8, 4) is 5.75 Å². The van der Waals surface area contributed by atoms with Crippen LogP contribution in [0.2, 0.25) is 0 Å². The number of urea groups is 1. The van der Waals surface area contributed by atoms with Crippen LogP contribution in [-0.2, 0) is 12.7 Å². The number of carbonyl (C=O) groups is 1. The Bertz CT molecular complexity index is 744. The number of alkyl halides is 3. The molecule has 136 valence electrons. The second-order valence-electron chi connectivity index (χ2n) is 5.45. The van der Waals surface area contributed by atoms with E-state index in [0.29, 0.717) is 11.8 Å². The molecule has 0 saturated heterocycles. The molecule has 2 N–H and O–H groups in total. The van der Waals surface area contributed by atoms with Gasteiger partial charge in [-0.3, -0.25) is 0 Å². The van der Waals surface area contributed by atoms with Gasteiger partial charge in [0.05, 0.1) is 25.5 Å². The molecule has 10 heteroatoms. The van der Waals surface area contributed by atoms with Gasteiger partial charge in [-0.05, 0) is 5.92 Å². The minimum Gasteiger partial charge on any atom is -0.494 e. The third kappa shape index (κ3) is 4.85. The number of amides is 2. The standard InChI is InChI=1S/C15H17F3N4O3/c1-8(2)10-4-9(25-22-10)6-20-14(23)21-11-7-19-13(15(16,17)18)5-12(11)24-3/h4-5,7-8H,6H2,1-3H3,(H2,20,21,23). The Hall–Kier alpha value is -2.78. The van der Waals surface area contributed by atoms with Crippen LogP contribution in [0.25, 0.3) is 0 Å². The molecular formula is C15H17F3N4O3. The van der Waals surface area contributed by atoms with E-state index in [-0.39, 0.29) is 23.9 Å². The highest BCUT2D eigenvalue weighted by Crippen LogP contribution is 2.33. The Balaban J connectivity index is 1.99. The molecule has 0 bridgehead atoms. The van der Waals surface area contributed by atoms with Crippen molar-refractivity contribution >= 4 is 11.7 Å². The number of carbonyl (C=O) groups excluding carboxylic acids is 1. The molecule has 2 aromatic heterocycles. The summed E-state index contributed by atoms with van der Waals surface area (Å²) in [5.74, 6) is 0.490. The monoisotopic (exact) mass is 358 g/mol. The first-order valence-corrected chi connectivity index (χ1v) is 7.32. The Morgan fingerprint density at radius 3 is 2.64 bits per heavy atom. The smallest absolute Gasteiger partial charge is 0.433 e. The quantitative estimate of drug-likeness (QED) is 0.853. The minimum atomic E-state index is -4.60. The maximum absolute atomic E-state index is 12.6. The van der Waals surface area contributed by atoms with Gasteiger partial charge in [0.2, 0.25) is 0 Å². The second-order valence-corrected chi connectivity index (χ2v) is 5.45. The van der Waals surface area contributed by atoms with Crippen LogP contribution in [-0.4, -0.2) is 23.3 Å². The lowest BCUT2D eigenvalue weighted by Gasteiger charge is -2.12. The summed E-state index contributed by atoms with van der Waals surface area (Å²) in [5.41, 5.74) is -0.350. The fraction of sp³-hybridized carbons (Fsp3) is 0.400. The van der Waals surface area contributed by atoms with Gasteiger partial charge in [-0.25, -0.2) is 9.78 Å². The van der Waals surface area contributed by atoms with Crippen molar-refractivity contribution in [1.82, 2.24) is 15.5 Å². The number of methoxy groups -OCH3 is 1. The molecule has 2 heterocycles. The highest BCUT2D eigenvalue weighted by Gasteiger charge is 2.33. The first-order valence-electron chi connectivity index (χ1n) is 7.32. The zero-order chi connectivity index (χ0) is 18.6. The SMILES string of the molecule is COc1cc(C(F)(F)F)ncc1NC(=O)NCc1cc(C(C)C)no1. The number of hydrogen-bond acceptors (Lipinski definition) is 5.